The maximum absolute atomic E-state index is 14.0. The third-order valence-electron chi connectivity index (χ3n) is 4.51. The Bertz CT molecular complexity index is 798. The van der Waals surface area contributed by atoms with Gasteiger partial charge in [0.25, 0.3) is 0 Å². The summed E-state index contributed by atoms with van der Waals surface area (Å²) in [5, 5.41) is 3.04. The Kier molecular flexibility index (Phi) is 6.27. The normalized spacial score (nSPS) is 17.9. The summed E-state index contributed by atoms with van der Waals surface area (Å²) in [6, 6.07) is 9.11. The Morgan fingerprint density at radius 3 is 2.81 bits per heavy atom. The molecule has 1 saturated heterocycles. The van der Waals surface area contributed by atoms with E-state index >= 15 is 0 Å². The third-order valence-corrected chi connectivity index (χ3v) is 5.36. The number of carbonyl (C=O) groups is 1. The highest BCUT2D eigenvalue weighted by molar-refractivity contribution is 9.10. The first-order valence-corrected chi connectivity index (χ1v) is 9.52. The number of rotatable bonds is 4. The van der Waals surface area contributed by atoms with Crippen LogP contribution < -0.4 is 5.32 Å². The lowest BCUT2D eigenvalue weighted by atomic mass is 9.96. The number of piperidine rings is 1. The minimum absolute atomic E-state index is 0.160. The summed E-state index contributed by atoms with van der Waals surface area (Å²) in [7, 11) is 0. The highest BCUT2D eigenvalue weighted by atomic mass is 79.9. The van der Waals surface area contributed by atoms with Crippen LogP contribution in [-0.2, 0) is 11.3 Å². The molecule has 1 atom stereocenters. The molecule has 1 unspecified atom stereocenters. The molecule has 2 aromatic carbocycles. The monoisotopic (exact) mass is 442 g/mol. The van der Waals surface area contributed by atoms with Gasteiger partial charge < -0.3 is 5.32 Å². The van der Waals surface area contributed by atoms with Crippen LogP contribution in [0.4, 0.5) is 14.5 Å². The number of nitrogens with one attached hydrogen (secondary N) is 1. The molecule has 1 N–H and O–H groups in total. The van der Waals surface area contributed by atoms with Crippen molar-refractivity contribution in [3.8, 4) is 0 Å². The van der Waals surface area contributed by atoms with E-state index in [2.05, 4.69) is 21.2 Å². The van der Waals surface area contributed by atoms with Crippen molar-refractivity contribution in [2.24, 2.45) is 5.92 Å². The van der Waals surface area contributed by atoms with E-state index in [0.29, 0.717) is 34.6 Å². The largest absolute Gasteiger partial charge is 0.323 e. The van der Waals surface area contributed by atoms with Crippen LogP contribution in [0.1, 0.15) is 18.4 Å². The van der Waals surface area contributed by atoms with Crippen LogP contribution >= 0.6 is 27.5 Å². The summed E-state index contributed by atoms with van der Waals surface area (Å²) >= 11 is 9.28. The second-order valence-corrected chi connectivity index (χ2v) is 7.71. The summed E-state index contributed by atoms with van der Waals surface area (Å²) < 4.78 is 28.5. The molecular weight excluding hydrogens is 426 g/mol. The van der Waals surface area contributed by atoms with Crippen molar-refractivity contribution in [3.63, 3.8) is 0 Å². The summed E-state index contributed by atoms with van der Waals surface area (Å²) in [5.41, 5.74) is 0.599. The van der Waals surface area contributed by atoms with E-state index in [1.165, 1.54) is 18.2 Å². The lowest BCUT2D eigenvalue weighted by Gasteiger charge is -2.32. The Hall–Kier alpha value is -1.50. The fraction of sp³-hybridized carbons (Fsp3) is 0.316. The number of hydrogen-bond acceptors (Lipinski definition) is 2. The molecule has 0 radical (unpaired) electrons. The number of likely N-dealkylation sites (tertiary alicyclic amines) is 1. The maximum atomic E-state index is 14.0. The first-order valence-electron chi connectivity index (χ1n) is 8.35. The number of hydrogen-bond donors (Lipinski definition) is 1. The van der Waals surface area contributed by atoms with Crippen LogP contribution in [0.15, 0.2) is 40.9 Å². The van der Waals surface area contributed by atoms with E-state index < -0.39 is 5.82 Å². The molecule has 3 rings (SSSR count). The van der Waals surface area contributed by atoms with Gasteiger partial charge in [-0.25, -0.2) is 8.78 Å². The second kappa shape index (κ2) is 8.46. The van der Waals surface area contributed by atoms with Gasteiger partial charge >= 0.3 is 0 Å². The lowest BCUT2D eigenvalue weighted by molar-refractivity contribution is -0.121. The Balaban J connectivity index is 1.65. The van der Waals surface area contributed by atoms with Gasteiger partial charge in [-0.3, -0.25) is 9.69 Å². The van der Waals surface area contributed by atoms with Crippen LogP contribution in [0, 0.1) is 17.6 Å². The van der Waals surface area contributed by atoms with Gasteiger partial charge in [0, 0.05) is 28.1 Å². The van der Waals surface area contributed by atoms with E-state index in [0.717, 1.165) is 13.0 Å². The molecule has 1 aliphatic heterocycles. The molecule has 26 heavy (non-hydrogen) atoms. The van der Waals surface area contributed by atoms with E-state index in [1.807, 2.05) is 4.90 Å². The first kappa shape index (κ1) is 19.3. The summed E-state index contributed by atoms with van der Waals surface area (Å²) in [6.45, 7) is 1.59. The standard InChI is InChI=1S/C19H18BrClF2N2O/c20-13-6-7-18(17(23)9-13)24-19(26)12-3-2-8-25(10-12)11-14-15(21)4-1-5-16(14)22/h1,4-7,9,12H,2-3,8,10-11H2,(H,24,26). The molecule has 0 spiro atoms. The molecule has 0 aromatic heterocycles. The Morgan fingerprint density at radius 2 is 2.08 bits per heavy atom. The van der Waals surface area contributed by atoms with Crippen LogP contribution in [-0.4, -0.2) is 23.9 Å². The maximum Gasteiger partial charge on any atom is 0.228 e. The van der Waals surface area contributed by atoms with Gasteiger partial charge in [0.15, 0.2) is 0 Å². The predicted molar refractivity (Wildman–Crippen MR) is 102 cm³/mol. The van der Waals surface area contributed by atoms with Crippen molar-refractivity contribution in [1.29, 1.82) is 0 Å². The van der Waals surface area contributed by atoms with Crippen LogP contribution in [0.25, 0.3) is 0 Å². The van der Waals surface area contributed by atoms with Crippen LogP contribution in [0.5, 0.6) is 0 Å². The van der Waals surface area contributed by atoms with Crippen molar-refractivity contribution in [1.82, 2.24) is 4.90 Å². The molecule has 3 nitrogen and oxygen atoms in total. The van der Waals surface area contributed by atoms with Gasteiger partial charge in [0.1, 0.15) is 11.6 Å². The van der Waals surface area contributed by atoms with Crippen molar-refractivity contribution in [2.75, 3.05) is 18.4 Å². The smallest absolute Gasteiger partial charge is 0.228 e. The molecular formula is C19H18BrClF2N2O. The van der Waals surface area contributed by atoms with E-state index in [-0.39, 0.29) is 23.3 Å². The summed E-state index contributed by atoms with van der Waals surface area (Å²) in [4.78, 5) is 14.5. The number of carbonyl (C=O) groups excluding carboxylic acids is 1. The number of benzene rings is 2. The van der Waals surface area contributed by atoms with Crippen molar-refractivity contribution in [2.45, 2.75) is 19.4 Å². The van der Waals surface area contributed by atoms with Crippen molar-refractivity contribution >= 4 is 39.1 Å². The average molecular weight is 444 g/mol. The van der Waals surface area contributed by atoms with E-state index in [9.17, 15) is 13.6 Å². The fourth-order valence-electron chi connectivity index (χ4n) is 3.15. The lowest BCUT2D eigenvalue weighted by Crippen LogP contribution is -2.40. The van der Waals surface area contributed by atoms with Gasteiger partial charge in [0.05, 0.1) is 11.6 Å². The van der Waals surface area contributed by atoms with Crippen molar-refractivity contribution < 1.29 is 13.6 Å². The van der Waals surface area contributed by atoms with Gasteiger partial charge in [0.2, 0.25) is 5.91 Å². The molecule has 1 amide bonds. The zero-order chi connectivity index (χ0) is 18.7. The van der Waals surface area contributed by atoms with Crippen molar-refractivity contribution in [3.05, 3.63) is 63.1 Å². The molecule has 0 bridgehead atoms. The van der Waals surface area contributed by atoms with Gasteiger partial charge in [-0.2, -0.15) is 0 Å². The fourth-order valence-corrected chi connectivity index (χ4v) is 3.70. The first-order chi connectivity index (χ1) is 12.4. The summed E-state index contributed by atoms with van der Waals surface area (Å²) in [5.74, 6) is -1.34. The van der Waals surface area contributed by atoms with Gasteiger partial charge in [-0.05, 0) is 49.7 Å². The molecule has 7 heteroatoms. The third kappa shape index (κ3) is 4.61. The number of amides is 1. The highest BCUT2D eigenvalue weighted by Crippen LogP contribution is 2.26. The molecule has 2 aromatic rings. The molecule has 0 saturated carbocycles. The quantitative estimate of drug-likeness (QED) is 0.702. The zero-order valence-electron chi connectivity index (χ0n) is 13.9. The predicted octanol–water partition coefficient (Wildman–Crippen LogP) is 5.23. The van der Waals surface area contributed by atoms with E-state index in [4.69, 9.17) is 11.6 Å². The number of anilines is 1. The zero-order valence-corrected chi connectivity index (χ0v) is 16.3. The minimum Gasteiger partial charge on any atom is -0.323 e. The molecule has 1 heterocycles. The molecule has 1 aliphatic rings. The number of halogens is 4. The summed E-state index contributed by atoms with van der Waals surface area (Å²) in [6.07, 6.45) is 1.53. The highest BCUT2D eigenvalue weighted by Gasteiger charge is 2.27. The Morgan fingerprint density at radius 1 is 1.27 bits per heavy atom. The number of nitrogens with zero attached hydrogens (tertiary/aromatic N) is 1. The SMILES string of the molecule is O=C(Nc1ccc(Br)cc1F)C1CCCN(Cc2c(F)cccc2Cl)C1. The van der Waals surface area contributed by atoms with Crippen LogP contribution in [0.2, 0.25) is 5.02 Å². The van der Waals surface area contributed by atoms with Gasteiger partial charge in [-0.15, -0.1) is 0 Å². The average Bonchev–Trinajstić information content (AvgIpc) is 2.61. The minimum atomic E-state index is -0.487. The van der Waals surface area contributed by atoms with E-state index in [1.54, 1.807) is 18.2 Å². The molecule has 0 aliphatic carbocycles. The second-order valence-electron chi connectivity index (χ2n) is 6.39. The Labute approximate surface area is 164 Å². The van der Waals surface area contributed by atoms with Gasteiger partial charge in [-0.1, -0.05) is 33.6 Å². The molecule has 138 valence electrons. The van der Waals surface area contributed by atoms with Crippen LogP contribution in [0.3, 0.4) is 0 Å². The molecule has 1 fully saturated rings. The topological polar surface area (TPSA) is 32.3 Å².